The SMILES string of the molecule is Cc1cc(-c2nn(C)c(S(C)(=O)=O)c2C)c(F)cc1Cl. The van der Waals surface area contributed by atoms with Crippen molar-refractivity contribution in [2.45, 2.75) is 18.9 Å². The summed E-state index contributed by atoms with van der Waals surface area (Å²) in [5, 5.41) is 4.54. The Labute approximate surface area is 122 Å². The Bertz CT molecular complexity index is 797. The highest BCUT2D eigenvalue weighted by Gasteiger charge is 2.23. The smallest absolute Gasteiger partial charge is 0.192 e. The molecule has 0 spiro atoms. The Morgan fingerprint density at radius 2 is 1.90 bits per heavy atom. The zero-order valence-corrected chi connectivity index (χ0v) is 13.1. The van der Waals surface area contributed by atoms with E-state index < -0.39 is 15.7 Å². The van der Waals surface area contributed by atoms with Crippen LogP contribution in [0.1, 0.15) is 11.1 Å². The molecule has 108 valence electrons. The summed E-state index contributed by atoms with van der Waals surface area (Å²) in [4.78, 5) is 0. The molecule has 1 aromatic carbocycles. The van der Waals surface area contributed by atoms with E-state index in [9.17, 15) is 12.8 Å². The monoisotopic (exact) mass is 316 g/mol. The summed E-state index contributed by atoms with van der Waals surface area (Å²) in [5.41, 5.74) is 1.68. The first-order valence-electron chi connectivity index (χ1n) is 5.82. The number of aromatic nitrogens is 2. The van der Waals surface area contributed by atoms with Crippen LogP contribution < -0.4 is 0 Å². The molecule has 4 nitrogen and oxygen atoms in total. The van der Waals surface area contributed by atoms with Crippen LogP contribution in [0.3, 0.4) is 0 Å². The van der Waals surface area contributed by atoms with Gasteiger partial charge in [0.2, 0.25) is 0 Å². The zero-order valence-electron chi connectivity index (χ0n) is 11.5. The summed E-state index contributed by atoms with van der Waals surface area (Å²) >= 11 is 5.86. The number of hydrogen-bond donors (Lipinski definition) is 0. The lowest BCUT2D eigenvalue weighted by molar-refractivity contribution is 0.581. The van der Waals surface area contributed by atoms with Crippen LogP contribution in [-0.2, 0) is 16.9 Å². The number of rotatable bonds is 2. The van der Waals surface area contributed by atoms with E-state index in [1.807, 2.05) is 0 Å². The molecule has 0 saturated heterocycles. The predicted molar refractivity (Wildman–Crippen MR) is 76.2 cm³/mol. The van der Waals surface area contributed by atoms with E-state index in [-0.39, 0.29) is 10.6 Å². The highest BCUT2D eigenvalue weighted by Crippen LogP contribution is 2.31. The van der Waals surface area contributed by atoms with Crippen LogP contribution in [0, 0.1) is 19.7 Å². The van der Waals surface area contributed by atoms with Crippen LogP contribution in [-0.4, -0.2) is 24.5 Å². The lowest BCUT2D eigenvalue weighted by atomic mass is 10.1. The third-order valence-electron chi connectivity index (χ3n) is 3.07. The van der Waals surface area contributed by atoms with Gasteiger partial charge in [0.25, 0.3) is 0 Å². The van der Waals surface area contributed by atoms with E-state index in [1.165, 1.54) is 17.8 Å². The predicted octanol–water partition coefficient (Wildman–Crippen LogP) is 2.90. The largest absolute Gasteiger partial charge is 0.256 e. The maximum Gasteiger partial charge on any atom is 0.192 e. The molecule has 0 unspecified atom stereocenters. The summed E-state index contributed by atoms with van der Waals surface area (Å²) in [6.07, 6.45) is 1.10. The van der Waals surface area contributed by atoms with Gasteiger partial charge < -0.3 is 0 Å². The second-order valence-electron chi connectivity index (χ2n) is 4.76. The van der Waals surface area contributed by atoms with E-state index in [2.05, 4.69) is 5.10 Å². The molecular weight excluding hydrogens is 303 g/mol. The van der Waals surface area contributed by atoms with Crippen LogP contribution >= 0.6 is 11.6 Å². The Kier molecular flexibility index (Phi) is 3.64. The maximum absolute atomic E-state index is 14.1. The van der Waals surface area contributed by atoms with E-state index in [0.29, 0.717) is 21.8 Å². The van der Waals surface area contributed by atoms with Crippen molar-refractivity contribution in [3.63, 3.8) is 0 Å². The first-order valence-corrected chi connectivity index (χ1v) is 8.09. The maximum atomic E-state index is 14.1. The van der Waals surface area contributed by atoms with Crippen molar-refractivity contribution >= 4 is 21.4 Å². The minimum Gasteiger partial charge on any atom is -0.256 e. The van der Waals surface area contributed by atoms with E-state index in [0.717, 1.165) is 6.26 Å². The average Bonchev–Trinajstić information content (AvgIpc) is 2.58. The molecule has 0 fully saturated rings. The van der Waals surface area contributed by atoms with Crippen molar-refractivity contribution in [2.24, 2.45) is 7.05 Å². The van der Waals surface area contributed by atoms with Crippen LogP contribution in [0.2, 0.25) is 5.02 Å². The second-order valence-corrected chi connectivity index (χ2v) is 7.09. The Hall–Kier alpha value is -1.40. The van der Waals surface area contributed by atoms with Crippen molar-refractivity contribution in [3.8, 4) is 11.3 Å². The molecule has 0 aliphatic rings. The summed E-state index contributed by atoms with van der Waals surface area (Å²) in [5.74, 6) is -0.526. The van der Waals surface area contributed by atoms with Crippen LogP contribution in [0.5, 0.6) is 0 Å². The van der Waals surface area contributed by atoms with Gasteiger partial charge in [-0.15, -0.1) is 0 Å². The molecule has 0 atom stereocenters. The molecule has 0 aliphatic heterocycles. The van der Waals surface area contributed by atoms with Crippen LogP contribution in [0.15, 0.2) is 17.2 Å². The minimum absolute atomic E-state index is 0.0829. The van der Waals surface area contributed by atoms with Gasteiger partial charge in [-0.25, -0.2) is 12.8 Å². The van der Waals surface area contributed by atoms with Gasteiger partial charge in [-0.1, -0.05) is 11.6 Å². The van der Waals surface area contributed by atoms with Gasteiger partial charge >= 0.3 is 0 Å². The zero-order chi connectivity index (χ0) is 15.2. The highest BCUT2D eigenvalue weighted by atomic mass is 35.5. The fourth-order valence-electron chi connectivity index (χ4n) is 2.23. The first-order chi connectivity index (χ1) is 9.12. The van der Waals surface area contributed by atoms with E-state index >= 15 is 0 Å². The highest BCUT2D eigenvalue weighted by molar-refractivity contribution is 7.90. The lowest BCUT2D eigenvalue weighted by Crippen LogP contribution is -2.06. The summed E-state index contributed by atoms with van der Waals surface area (Å²) < 4.78 is 38.8. The van der Waals surface area contributed by atoms with Crippen molar-refractivity contribution in [3.05, 3.63) is 34.1 Å². The average molecular weight is 317 g/mol. The second kappa shape index (κ2) is 4.86. The lowest BCUT2D eigenvalue weighted by Gasteiger charge is -2.05. The standard InChI is InChI=1S/C13H14ClFN2O2S/c1-7-5-9(11(15)6-10(7)14)12-8(2)13(17(3)16-12)20(4,18)19/h5-6H,1-4H3. The summed E-state index contributed by atoms with van der Waals surface area (Å²) in [7, 11) is -1.91. The minimum atomic E-state index is -3.43. The molecule has 0 bridgehead atoms. The molecular formula is C13H14ClFN2O2S. The van der Waals surface area contributed by atoms with Crippen molar-refractivity contribution in [1.82, 2.24) is 9.78 Å². The van der Waals surface area contributed by atoms with Gasteiger partial charge in [0, 0.05) is 29.5 Å². The van der Waals surface area contributed by atoms with Gasteiger partial charge in [0.1, 0.15) is 5.82 Å². The summed E-state index contributed by atoms with van der Waals surface area (Å²) in [6.45, 7) is 3.36. The van der Waals surface area contributed by atoms with E-state index in [1.54, 1.807) is 19.9 Å². The molecule has 0 aliphatic carbocycles. The van der Waals surface area contributed by atoms with Crippen LogP contribution in [0.25, 0.3) is 11.3 Å². The molecule has 2 rings (SSSR count). The molecule has 2 aromatic rings. The molecule has 0 amide bonds. The van der Waals surface area contributed by atoms with Crippen molar-refractivity contribution in [2.75, 3.05) is 6.26 Å². The quantitative estimate of drug-likeness (QED) is 0.856. The molecule has 20 heavy (non-hydrogen) atoms. The molecule has 7 heteroatoms. The Morgan fingerprint density at radius 3 is 2.40 bits per heavy atom. The van der Waals surface area contributed by atoms with Gasteiger partial charge in [0.15, 0.2) is 14.9 Å². The summed E-state index contributed by atoms with van der Waals surface area (Å²) in [6, 6.07) is 2.78. The van der Waals surface area contributed by atoms with Crippen molar-refractivity contribution in [1.29, 1.82) is 0 Å². The number of nitrogens with zero attached hydrogens (tertiary/aromatic N) is 2. The molecule has 0 saturated carbocycles. The number of benzene rings is 1. The van der Waals surface area contributed by atoms with Crippen LogP contribution in [0.4, 0.5) is 4.39 Å². The molecule has 0 N–H and O–H groups in total. The van der Waals surface area contributed by atoms with Gasteiger partial charge in [0.05, 0.1) is 5.69 Å². The van der Waals surface area contributed by atoms with E-state index in [4.69, 9.17) is 11.6 Å². The van der Waals surface area contributed by atoms with Gasteiger partial charge in [-0.2, -0.15) is 5.10 Å². The third-order valence-corrected chi connectivity index (χ3v) is 4.75. The number of sulfone groups is 1. The number of aryl methyl sites for hydroxylation is 2. The fourth-order valence-corrected chi connectivity index (χ4v) is 3.55. The van der Waals surface area contributed by atoms with Gasteiger partial charge in [-0.05, 0) is 31.5 Å². The molecule has 0 radical (unpaired) electrons. The van der Waals surface area contributed by atoms with Crippen molar-refractivity contribution < 1.29 is 12.8 Å². The molecule has 1 aromatic heterocycles. The Morgan fingerprint density at radius 1 is 1.30 bits per heavy atom. The third kappa shape index (κ3) is 2.45. The number of hydrogen-bond acceptors (Lipinski definition) is 3. The molecule has 1 heterocycles. The Balaban J connectivity index is 2.76. The topological polar surface area (TPSA) is 52.0 Å². The first kappa shape index (κ1) is 15.0. The normalized spacial score (nSPS) is 11.9. The fraction of sp³-hybridized carbons (Fsp3) is 0.308. The number of halogens is 2. The van der Waals surface area contributed by atoms with Gasteiger partial charge in [-0.3, -0.25) is 4.68 Å².